The molecule has 4 nitrogen and oxygen atoms in total. The third kappa shape index (κ3) is 3.09. The predicted molar refractivity (Wildman–Crippen MR) is 65.8 cm³/mol. The number of carbonyl (C=O) groups is 1. The van der Waals surface area contributed by atoms with Crippen LogP contribution in [0.15, 0.2) is 21.2 Å². The molecule has 1 aromatic heterocycles. The van der Waals surface area contributed by atoms with E-state index in [1.807, 2.05) is 13.0 Å². The van der Waals surface area contributed by atoms with Crippen molar-refractivity contribution in [3.63, 3.8) is 0 Å². The Morgan fingerprint density at radius 3 is 2.69 bits per heavy atom. The van der Waals surface area contributed by atoms with E-state index < -0.39 is 5.54 Å². The Hall–Kier alpha value is -0.810. The number of hydrogen-bond donors (Lipinski definition) is 1. The van der Waals surface area contributed by atoms with Gasteiger partial charge in [0.05, 0.1) is 12.1 Å². The molecule has 1 rings (SSSR count). The molecule has 5 heteroatoms. The van der Waals surface area contributed by atoms with Crippen LogP contribution in [0.2, 0.25) is 0 Å². The van der Waals surface area contributed by atoms with Crippen LogP contribution in [0.5, 0.6) is 0 Å². The summed E-state index contributed by atoms with van der Waals surface area (Å²) in [5.41, 5.74) is 5.08. The van der Waals surface area contributed by atoms with Gasteiger partial charge < -0.3 is 15.1 Å². The lowest BCUT2D eigenvalue weighted by Crippen LogP contribution is -2.51. The molecule has 0 fully saturated rings. The molecule has 0 bridgehead atoms. The summed E-state index contributed by atoms with van der Waals surface area (Å²) in [6.45, 7) is 4.07. The van der Waals surface area contributed by atoms with Gasteiger partial charge in [-0.05, 0) is 41.4 Å². The van der Waals surface area contributed by atoms with E-state index in [9.17, 15) is 4.79 Å². The van der Waals surface area contributed by atoms with E-state index in [-0.39, 0.29) is 5.91 Å². The average Bonchev–Trinajstić information content (AvgIpc) is 2.62. The Balaban J connectivity index is 2.65. The van der Waals surface area contributed by atoms with Gasteiger partial charge in [0.15, 0.2) is 4.67 Å². The van der Waals surface area contributed by atoms with Crippen molar-refractivity contribution in [2.45, 2.75) is 32.4 Å². The number of rotatable bonds is 4. The van der Waals surface area contributed by atoms with Crippen molar-refractivity contribution >= 4 is 21.8 Å². The summed E-state index contributed by atoms with van der Waals surface area (Å²) in [5.74, 6) is 0.650. The van der Waals surface area contributed by atoms with Crippen molar-refractivity contribution in [1.29, 1.82) is 0 Å². The van der Waals surface area contributed by atoms with E-state index in [2.05, 4.69) is 15.9 Å². The fourth-order valence-electron chi connectivity index (χ4n) is 1.33. The summed E-state index contributed by atoms with van der Waals surface area (Å²) in [4.78, 5) is 13.5. The van der Waals surface area contributed by atoms with Crippen molar-refractivity contribution in [3.8, 4) is 0 Å². The molecule has 90 valence electrons. The van der Waals surface area contributed by atoms with Crippen LogP contribution in [0.4, 0.5) is 0 Å². The van der Waals surface area contributed by atoms with E-state index in [4.69, 9.17) is 10.2 Å². The molecule has 0 aliphatic heterocycles. The van der Waals surface area contributed by atoms with Gasteiger partial charge in [-0.25, -0.2) is 0 Å². The first-order chi connectivity index (χ1) is 7.36. The molecular formula is C11H17BrN2O2. The SMILES string of the molecule is CCC(C)(N)C(=O)N(C)Cc1ccc(Br)o1. The predicted octanol–water partition coefficient (Wildman–Crippen LogP) is 2.13. The highest BCUT2D eigenvalue weighted by Crippen LogP contribution is 2.17. The lowest BCUT2D eigenvalue weighted by molar-refractivity contribution is -0.135. The van der Waals surface area contributed by atoms with Gasteiger partial charge in [-0.2, -0.15) is 0 Å². The lowest BCUT2D eigenvalue weighted by atomic mass is 9.99. The van der Waals surface area contributed by atoms with Gasteiger partial charge in [0.1, 0.15) is 5.76 Å². The third-order valence-corrected chi connectivity index (χ3v) is 3.02. The highest BCUT2D eigenvalue weighted by atomic mass is 79.9. The molecule has 0 aliphatic carbocycles. The molecule has 16 heavy (non-hydrogen) atoms. The van der Waals surface area contributed by atoms with E-state index in [1.165, 1.54) is 0 Å². The quantitative estimate of drug-likeness (QED) is 0.923. The summed E-state index contributed by atoms with van der Waals surface area (Å²) in [7, 11) is 1.72. The van der Waals surface area contributed by atoms with Crippen LogP contribution in [0.25, 0.3) is 0 Å². The van der Waals surface area contributed by atoms with Crippen molar-refractivity contribution in [2.75, 3.05) is 7.05 Å². The maximum absolute atomic E-state index is 12.0. The molecule has 0 spiro atoms. The van der Waals surface area contributed by atoms with Gasteiger partial charge in [0.25, 0.3) is 0 Å². The van der Waals surface area contributed by atoms with Crippen molar-refractivity contribution in [3.05, 3.63) is 22.6 Å². The van der Waals surface area contributed by atoms with Crippen molar-refractivity contribution in [1.82, 2.24) is 4.90 Å². The molecule has 1 heterocycles. The minimum absolute atomic E-state index is 0.0810. The first-order valence-corrected chi connectivity index (χ1v) is 5.94. The number of hydrogen-bond acceptors (Lipinski definition) is 3. The Labute approximate surface area is 104 Å². The molecule has 0 aliphatic rings. The van der Waals surface area contributed by atoms with Crippen LogP contribution in [0.1, 0.15) is 26.0 Å². The second-order valence-electron chi connectivity index (χ2n) is 4.14. The largest absolute Gasteiger partial charge is 0.452 e. The molecular weight excluding hydrogens is 272 g/mol. The van der Waals surface area contributed by atoms with Gasteiger partial charge in [-0.15, -0.1) is 0 Å². The standard InChI is InChI=1S/C11H17BrN2O2/c1-4-11(2,13)10(15)14(3)7-8-5-6-9(12)16-8/h5-6H,4,7,13H2,1-3H3. The van der Waals surface area contributed by atoms with Crippen LogP contribution >= 0.6 is 15.9 Å². The molecule has 1 aromatic rings. The number of likely N-dealkylation sites (N-methyl/N-ethyl adjacent to an activating group) is 1. The lowest BCUT2D eigenvalue weighted by Gasteiger charge is -2.27. The van der Waals surface area contributed by atoms with Crippen LogP contribution in [-0.2, 0) is 11.3 Å². The van der Waals surface area contributed by atoms with Gasteiger partial charge in [0, 0.05) is 7.05 Å². The Morgan fingerprint density at radius 2 is 2.25 bits per heavy atom. The van der Waals surface area contributed by atoms with Crippen LogP contribution in [0, 0.1) is 0 Å². The Kier molecular flexibility index (Phi) is 4.15. The molecule has 1 atom stereocenters. The highest BCUT2D eigenvalue weighted by Gasteiger charge is 2.29. The van der Waals surface area contributed by atoms with E-state index in [1.54, 1.807) is 24.9 Å². The topological polar surface area (TPSA) is 59.5 Å². The first-order valence-electron chi connectivity index (χ1n) is 5.15. The number of carbonyl (C=O) groups excluding carboxylic acids is 1. The average molecular weight is 289 g/mol. The minimum Gasteiger partial charge on any atom is -0.452 e. The zero-order chi connectivity index (χ0) is 12.3. The summed E-state index contributed by atoms with van der Waals surface area (Å²) in [6.07, 6.45) is 0.609. The number of amides is 1. The minimum atomic E-state index is -0.807. The zero-order valence-electron chi connectivity index (χ0n) is 9.79. The Morgan fingerprint density at radius 1 is 1.62 bits per heavy atom. The van der Waals surface area contributed by atoms with Gasteiger partial charge in [-0.3, -0.25) is 4.79 Å². The van der Waals surface area contributed by atoms with Crippen LogP contribution in [0.3, 0.4) is 0 Å². The fourth-order valence-corrected chi connectivity index (χ4v) is 1.67. The van der Waals surface area contributed by atoms with Crippen LogP contribution in [-0.4, -0.2) is 23.4 Å². The van der Waals surface area contributed by atoms with E-state index >= 15 is 0 Å². The first kappa shape index (κ1) is 13.3. The van der Waals surface area contributed by atoms with Gasteiger partial charge >= 0.3 is 0 Å². The number of nitrogens with zero attached hydrogens (tertiary/aromatic N) is 1. The summed E-state index contributed by atoms with van der Waals surface area (Å²) in [5, 5.41) is 0. The van der Waals surface area contributed by atoms with Gasteiger partial charge in [0.2, 0.25) is 5.91 Å². The second-order valence-corrected chi connectivity index (χ2v) is 4.92. The zero-order valence-corrected chi connectivity index (χ0v) is 11.4. The summed E-state index contributed by atoms with van der Waals surface area (Å²) >= 11 is 3.22. The molecule has 2 N–H and O–H groups in total. The Bertz CT molecular complexity index is 374. The molecule has 0 saturated heterocycles. The second kappa shape index (κ2) is 5.01. The maximum atomic E-state index is 12.0. The number of nitrogens with two attached hydrogens (primary N) is 1. The normalized spacial score (nSPS) is 14.6. The molecule has 0 aromatic carbocycles. The molecule has 1 amide bonds. The monoisotopic (exact) mass is 288 g/mol. The van der Waals surface area contributed by atoms with Crippen LogP contribution < -0.4 is 5.73 Å². The van der Waals surface area contributed by atoms with Gasteiger partial charge in [-0.1, -0.05) is 6.92 Å². The summed E-state index contributed by atoms with van der Waals surface area (Å²) < 4.78 is 5.99. The van der Waals surface area contributed by atoms with E-state index in [0.717, 1.165) is 5.76 Å². The molecule has 0 radical (unpaired) electrons. The van der Waals surface area contributed by atoms with E-state index in [0.29, 0.717) is 17.6 Å². The summed E-state index contributed by atoms with van der Waals surface area (Å²) in [6, 6.07) is 3.63. The molecule has 0 saturated carbocycles. The van der Waals surface area contributed by atoms with Crippen molar-refractivity contribution < 1.29 is 9.21 Å². The number of halogens is 1. The maximum Gasteiger partial charge on any atom is 0.242 e. The highest BCUT2D eigenvalue weighted by molar-refractivity contribution is 9.10. The molecule has 1 unspecified atom stereocenters. The third-order valence-electron chi connectivity index (χ3n) is 2.59. The fraction of sp³-hybridized carbons (Fsp3) is 0.545. The van der Waals surface area contributed by atoms with Crippen molar-refractivity contribution in [2.24, 2.45) is 5.73 Å². The number of furan rings is 1. The smallest absolute Gasteiger partial charge is 0.242 e.